The van der Waals surface area contributed by atoms with E-state index in [2.05, 4.69) is 9.97 Å². The van der Waals surface area contributed by atoms with Crippen molar-refractivity contribution in [2.24, 2.45) is 14.1 Å². The third kappa shape index (κ3) is 8.51. The molecular weight excluding hydrogens is 798 g/mol. The summed E-state index contributed by atoms with van der Waals surface area (Å²) < 4.78 is 93.4. The van der Waals surface area contributed by atoms with Gasteiger partial charge in [-0.2, -0.15) is 26.3 Å². The number of carbonyl (C=O) groups excluding carboxylic acids is 2. The summed E-state index contributed by atoms with van der Waals surface area (Å²) in [7, 11) is 2.19. The molecule has 18 nitrogen and oxygen atoms in total. The van der Waals surface area contributed by atoms with Gasteiger partial charge in [0.15, 0.2) is 11.4 Å². The van der Waals surface area contributed by atoms with Crippen LogP contribution in [0.5, 0.6) is 11.5 Å². The zero-order valence-corrected chi connectivity index (χ0v) is 30.1. The number of aromatic hydroxyl groups is 2. The number of nitrogens with one attached hydrogen (secondary N) is 2. The maximum absolute atomic E-state index is 13.6. The van der Waals surface area contributed by atoms with Gasteiger partial charge in [-0.3, -0.25) is 37.9 Å². The lowest BCUT2D eigenvalue weighted by Gasteiger charge is -2.19. The standard InChI is InChI=1S/2C17H16F3N3O6/c2*1-23-14-8(12(26)11(16(23)28)15(27)21-6-10(24)25)5-7(9-3-2-4-29-9)13(22-14)17(18,19)20/h2*5,9,26H,2-4,6H2,1H3,(H,21,27)(H,24,25)/t2*9-/m10/s1. The summed E-state index contributed by atoms with van der Waals surface area (Å²) >= 11 is 0. The van der Waals surface area contributed by atoms with Gasteiger partial charge in [0.2, 0.25) is 0 Å². The number of alkyl halides is 6. The third-order valence-corrected chi connectivity index (χ3v) is 9.06. The van der Waals surface area contributed by atoms with Crippen molar-refractivity contribution in [2.75, 3.05) is 26.3 Å². The quantitative estimate of drug-likeness (QED) is 0.140. The second kappa shape index (κ2) is 16.3. The summed E-state index contributed by atoms with van der Waals surface area (Å²) in [6, 6.07) is 2.01. The molecule has 58 heavy (non-hydrogen) atoms. The largest absolute Gasteiger partial charge is 0.506 e. The van der Waals surface area contributed by atoms with Crippen molar-refractivity contribution in [2.45, 2.75) is 50.2 Å². The van der Waals surface area contributed by atoms with Crippen LogP contribution in [0.3, 0.4) is 0 Å². The molecule has 0 saturated carbocycles. The molecule has 2 aliphatic rings. The number of hydrogen-bond acceptors (Lipinski definition) is 12. The Hall–Kier alpha value is -6.30. The van der Waals surface area contributed by atoms with Gasteiger partial charge in [-0.1, -0.05) is 0 Å². The second-order valence-electron chi connectivity index (χ2n) is 12.9. The van der Waals surface area contributed by atoms with E-state index in [-0.39, 0.29) is 35.1 Å². The van der Waals surface area contributed by atoms with Crippen LogP contribution in [0.2, 0.25) is 0 Å². The molecule has 2 amide bonds. The lowest BCUT2D eigenvalue weighted by molar-refractivity contribution is -0.143. The fraction of sp³-hybridized carbons (Fsp3) is 0.412. The Balaban J connectivity index is 0.000000221. The van der Waals surface area contributed by atoms with Crippen LogP contribution in [-0.4, -0.2) is 89.6 Å². The first-order valence-electron chi connectivity index (χ1n) is 16.9. The Morgan fingerprint density at radius 3 is 1.33 bits per heavy atom. The Kier molecular flexibility index (Phi) is 12.0. The van der Waals surface area contributed by atoms with Crippen molar-refractivity contribution >= 4 is 45.8 Å². The van der Waals surface area contributed by atoms with Crippen LogP contribution < -0.4 is 21.8 Å². The van der Waals surface area contributed by atoms with Crippen molar-refractivity contribution in [3.05, 3.63) is 66.5 Å². The van der Waals surface area contributed by atoms with E-state index in [1.807, 2.05) is 10.6 Å². The average Bonchev–Trinajstić information content (AvgIpc) is 3.89. The van der Waals surface area contributed by atoms with E-state index in [1.165, 1.54) is 0 Å². The van der Waals surface area contributed by atoms with E-state index in [4.69, 9.17) is 19.7 Å². The highest BCUT2D eigenvalue weighted by Crippen LogP contribution is 2.42. The van der Waals surface area contributed by atoms with Gasteiger partial charge >= 0.3 is 24.3 Å². The number of aryl methyl sites for hydroxylation is 2. The van der Waals surface area contributed by atoms with Crippen LogP contribution in [0.1, 0.15) is 81.1 Å². The van der Waals surface area contributed by atoms with Gasteiger partial charge in [0.05, 0.1) is 23.0 Å². The average molecular weight is 831 g/mol. The number of carbonyl (C=O) groups is 4. The maximum Gasteiger partial charge on any atom is 0.433 e. The van der Waals surface area contributed by atoms with Crippen LogP contribution in [0.25, 0.3) is 22.1 Å². The number of carboxylic acid groups (broad SMARTS) is 2. The topological polar surface area (TPSA) is 261 Å². The minimum atomic E-state index is -4.83. The fourth-order valence-electron chi connectivity index (χ4n) is 6.39. The van der Waals surface area contributed by atoms with E-state index in [0.29, 0.717) is 34.8 Å². The normalized spacial score (nSPS) is 16.9. The van der Waals surface area contributed by atoms with Crippen molar-refractivity contribution in [3.63, 3.8) is 0 Å². The van der Waals surface area contributed by atoms with Gasteiger partial charge in [0.25, 0.3) is 22.9 Å². The Bertz CT molecular complexity index is 2280. The number of pyridine rings is 4. The number of carboxylic acids is 2. The molecular formula is C34H32F6N6O12. The monoisotopic (exact) mass is 830 g/mol. The molecule has 4 aromatic rings. The number of hydrogen-bond donors (Lipinski definition) is 6. The van der Waals surface area contributed by atoms with Crippen LogP contribution in [0.4, 0.5) is 26.3 Å². The summed E-state index contributed by atoms with van der Waals surface area (Å²) in [6.45, 7) is -1.10. The lowest BCUT2D eigenvalue weighted by atomic mass is 10.0. The zero-order chi connectivity index (χ0) is 43.0. The summed E-state index contributed by atoms with van der Waals surface area (Å²) in [6.07, 6.45) is -9.75. The van der Waals surface area contributed by atoms with Crippen molar-refractivity contribution in [1.82, 2.24) is 29.7 Å². The minimum absolute atomic E-state index is 0.258. The van der Waals surface area contributed by atoms with Crippen LogP contribution in [0, 0.1) is 0 Å². The Morgan fingerprint density at radius 1 is 0.707 bits per heavy atom. The van der Waals surface area contributed by atoms with Gasteiger partial charge < -0.3 is 40.5 Å². The fourth-order valence-corrected chi connectivity index (χ4v) is 6.39. The van der Waals surface area contributed by atoms with Gasteiger partial charge in [-0.05, 0) is 37.8 Å². The Labute approximate surface area is 319 Å². The molecule has 2 saturated heterocycles. The predicted octanol–water partition coefficient (Wildman–Crippen LogP) is 2.65. The lowest BCUT2D eigenvalue weighted by Crippen LogP contribution is -2.35. The van der Waals surface area contributed by atoms with Gasteiger partial charge in [-0.15, -0.1) is 0 Å². The molecule has 2 fully saturated rings. The highest BCUT2D eigenvalue weighted by Gasteiger charge is 2.41. The molecule has 312 valence electrons. The number of amides is 2. The number of nitrogens with zero attached hydrogens (tertiary/aromatic N) is 4. The smallest absolute Gasteiger partial charge is 0.433 e. The van der Waals surface area contributed by atoms with E-state index in [1.54, 1.807) is 0 Å². The van der Waals surface area contributed by atoms with Gasteiger partial charge in [-0.25, -0.2) is 9.97 Å². The summed E-state index contributed by atoms with van der Waals surface area (Å²) in [5.41, 5.74) is -7.88. The van der Waals surface area contributed by atoms with E-state index < -0.39 is 118 Å². The molecule has 6 heterocycles. The molecule has 0 bridgehead atoms. The van der Waals surface area contributed by atoms with Crippen molar-refractivity contribution in [3.8, 4) is 11.5 Å². The van der Waals surface area contributed by atoms with E-state index >= 15 is 0 Å². The first kappa shape index (κ1) is 42.8. The molecule has 0 aromatic carbocycles. The number of rotatable bonds is 8. The van der Waals surface area contributed by atoms with Crippen molar-refractivity contribution in [1.29, 1.82) is 0 Å². The predicted molar refractivity (Wildman–Crippen MR) is 183 cm³/mol. The molecule has 2 atom stereocenters. The molecule has 6 rings (SSSR count). The van der Waals surface area contributed by atoms with Crippen LogP contribution in [0.15, 0.2) is 21.7 Å². The van der Waals surface area contributed by atoms with Crippen LogP contribution in [-0.2, 0) is 45.5 Å². The molecule has 24 heteroatoms. The van der Waals surface area contributed by atoms with Gasteiger partial charge in [0, 0.05) is 38.4 Å². The number of aromatic nitrogens is 4. The van der Waals surface area contributed by atoms with E-state index in [0.717, 1.165) is 26.2 Å². The third-order valence-electron chi connectivity index (χ3n) is 9.06. The molecule has 0 radical (unpaired) electrons. The van der Waals surface area contributed by atoms with Gasteiger partial charge in [0.1, 0.15) is 47.0 Å². The first-order valence-corrected chi connectivity index (χ1v) is 16.9. The maximum atomic E-state index is 13.6. The molecule has 2 aliphatic heterocycles. The summed E-state index contributed by atoms with van der Waals surface area (Å²) in [5, 5.41) is 41.6. The number of halogens is 6. The van der Waals surface area contributed by atoms with Crippen molar-refractivity contribution < 1.29 is 75.4 Å². The Morgan fingerprint density at radius 2 is 1.05 bits per heavy atom. The molecule has 0 unspecified atom stereocenters. The molecule has 6 N–H and O–H groups in total. The molecule has 0 spiro atoms. The molecule has 0 aliphatic carbocycles. The molecule has 4 aromatic heterocycles. The zero-order valence-electron chi connectivity index (χ0n) is 30.1. The van der Waals surface area contributed by atoms with Crippen LogP contribution >= 0.6 is 0 Å². The number of fused-ring (bicyclic) bond motifs is 2. The van der Waals surface area contributed by atoms with E-state index in [9.17, 15) is 65.3 Å². The SMILES string of the molecule is Cn1c(=O)c(C(=O)NCC(=O)O)c(O)c2cc([C@@H]3CCCO3)c(C(F)(F)F)nc21.Cn1c(=O)c(C(=O)NCC(=O)O)c(O)c2cc([C@H]3CCCO3)c(C(F)(F)F)nc21. The first-order chi connectivity index (χ1) is 27.0. The minimum Gasteiger partial charge on any atom is -0.506 e. The highest BCUT2D eigenvalue weighted by molar-refractivity contribution is 6.03. The number of aliphatic carboxylic acids is 2. The summed E-state index contributed by atoms with van der Waals surface area (Å²) in [5.74, 6) is -6.88. The second-order valence-corrected chi connectivity index (χ2v) is 12.9. The number of ether oxygens (including phenoxy) is 2. The highest BCUT2D eigenvalue weighted by atomic mass is 19.4. The summed E-state index contributed by atoms with van der Waals surface area (Å²) in [4.78, 5) is 77.6.